The van der Waals surface area contributed by atoms with Gasteiger partial charge in [-0.1, -0.05) is 15.9 Å². The number of halogens is 1. The van der Waals surface area contributed by atoms with Crippen molar-refractivity contribution in [3.63, 3.8) is 0 Å². The highest BCUT2D eigenvalue weighted by Crippen LogP contribution is 2.25. The largest absolute Gasteiger partial charge is 0.496 e. The standard InChI is InChI=1S/C16H23BrN2O2/c1-3-19(11-12-5-4-8-18-10-12)16(20)14-7-6-13(17)9-15(14)21-2/h6-7,9,12,18H,3-5,8,10-11H2,1-2H3. The molecule has 0 saturated carbocycles. The predicted molar refractivity (Wildman–Crippen MR) is 87.9 cm³/mol. The Balaban J connectivity index is 2.11. The molecule has 1 N–H and O–H groups in total. The summed E-state index contributed by atoms with van der Waals surface area (Å²) < 4.78 is 6.25. The first-order valence-corrected chi connectivity index (χ1v) is 8.28. The van der Waals surface area contributed by atoms with E-state index in [1.807, 2.05) is 30.0 Å². The number of nitrogens with zero attached hydrogens (tertiary/aromatic N) is 1. The van der Waals surface area contributed by atoms with E-state index in [1.54, 1.807) is 7.11 Å². The van der Waals surface area contributed by atoms with Crippen molar-refractivity contribution in [3.8, 4) is 5.75 Å². The highest BCUT2D eigenvalue weighted by Gasteiger charge is 2.22. The van der Waals surface area contributed by atoms with Crippen LogP contribution in [0.25, 0.3) is 0 Å². The number of rotatable bonds is 5. The summed E-state index contributed by atoms with van der Waals surface area (Å²) in [7, 11) is 1.60. The Morgan fingerprint density at radius 1 is 1.52 bits per heavy atom. The van der Waals surface area contributed by atoms with Crippen LogP contribution >= 0.6 is 15.9 Å². The number of nitrogens with one attached hydrogen (secondary N) is 1. The number of hydrogen-bond acceptors (Lipinski definition) is 3. The lowest BCUT2D eigenvalue weighted by molar-refractivity contribution is 0.0725. The van der Waals surface area contributed by atoms with Crippen LogP contribution in [0.4, 0.5) is 0 Å². The topological polar surface area (TPSA) is 41.6 Å². The quantitative estimate of drug-likeness (QED) is 0.883. The summed E-state index contributed by atoms with van der Waals surface area (Å²) in [4.78, 5) is 14.7. The van der Waals surface area contributed by atoms with Gasteiger partial charge in [0.25, 0.3) is 5.91 Å². The highest BCUT2D eigenvalue weighted by molar-refractivity contribution is 9.10. The van der Waals surface area contributed by atoms with E-state index in [0.29, 0.717) is 23.8 Å². The van der Waals surface area contributed by atoms with Crippen molar-refractivity contribution in [1.29, 1.82) is 0 Å². The molecule has 1 heterocycles. The molecule has 1 aliphatic rings. The molecule has 0 aliphatic carbocycles. The molecule has 1 aliphatic heterocycles. The maximum absolute atomic E-state index is 12.8. The summed E-state index contributed by atoms with van der Waals surface area (Å²) in [6.45, 7) is 5.65. The Morgan fingerprint density at radius 2 is 2.33 bits per heavy atom. The molecule has 1 fully saturated rings. The Labute approximate surface area is 135 Å². The first-order chi connectivity index (χ1) is 10.2. The monoisotopic (exact) mass is 354 g/mol. The summed E-state index contributed by atoms with van der Waals surface area (Å²) in [5.74, 6) is 1.21. The van der Waals surface area contributed by atoms with Gasteiger partial charge in [-0.2, -0.15) is 0 Å². The van der Waals surface area contributed by atoms with Crippen LogP contribution in [-0.4, -0.2) is 44.1 Å². The van der Waals surface area contributed by atoms with Gasteiger partial charge < -0.3 is 15.0 Å². The molecule has 0 spiro atoms. The van der Waals surface area contributed by atoms with Crippen LogP contribution in [0.5, 0.6) is 5.75 Å². The number of methoxy groups -OCH3 is 1. The van der Waals surface area contributed by atoms with Crippen molar-refractivity contribution < 1.29 is 9.53 Å². The summed E-state index contributed by atoms with van der Waals surface area (Å²) in [6, 6.07) is 5.54. The fourth-order valence-electron chi connectivity index (χ4n) is 2.76. The molecule has 1 unspecified atom stereocenters. The first kappa shape index (κ1) is 16.3. The number of hydrogen-bond donors (Lipinski definition) is 1. The summed E-state index contributed by atoms with van der Waals surface area (Å²) >= 11 is 3.41. The zero-order valence-corrected chi connectivity index (χ0v) is 14.3. The molecular weight excluding hydrogens is 332 g/mol. The maximum Gasteiger partial charge on any atom is 0.257 e. The van der Waals surface area contributed by atoms with E-state index in [4.69, 9.17) is 4.74 Å². The third kappa shape index (κ3) is 4.20. The normalized spacial score (nSPS) is 18.3. The van der Waals surface area contributed by atoms with Crippen molar-refractivity contribution >= 4 is 21.8 Å². The van der Waals surface area contributed by atoms with Crippen molar-refractivity contribution in [3.05, 3.63) is 28.2 Å². The molecule has 21 heavy (non-hydrogen) atoms. The Morgan fingerprint density at radius 3 is 2.95 bits per heavy atom. The number of carbonyl (C=O) groups is 1. The molecule has 1 saturated heterocycles. The van der Waals surface area contributed by atoms with Gasteiger partial charge in [-0.05, 0) is 57.0 Å². The molecule has 1 atom stereocenters. The Bertz CT molecular complexity index is 487. The first-order valence-electron chi connectivity index (χ1n) is 7.49. The van der Waals surface area contributed by atoms with Gasteiger partial charge in [0, 0.05) is 17.6 Å². The molecule has 116 valence electrons. The molecule has 0 aromatic heterocycles. The van der Waals surface area contributed by atoms with Crippen molar-refractivity contribution in [2.75, 3.05) is 33.3 Å². The van der Waals surface area contributed by atoms with E-state index in [9.17, 15) is 4.79 Å². The van der Waals surface area contributed by atoms with Crippen molar-refractivity contribution in [1.82, 2.24) is 10.2 Å². The van der Waals surface area contributed by atoms with Gasteiger partial charge in [-0.25, -0.2) is 0 Å². The Hall–Kier alpha value is -1.07. The van der Waals surface area contributed by atoms with Crippen LogP contribution in [0.3, 0.4) is 0 Å². The Kier molecular flexibility index (Phi) is 6.06. The zero-order chi connectivity index (χ0) is 15.2. The second-order valence-corrected chi connectivity index (χ2v) is 6.32. The summed E-state index contributed by atoms with van der Waals surface area (Å²) in [5.41, 5.74) is 0.631. The lowest BCUT2D eigenvalue weighted by Gasteiger charge is -2.29. The average molecular weight is 355 g/mol. The van der Waals surface area contributed by atoms with E-state index in [2.05, 4.69) is 21.2 Å². The fourth-order valence-corrected chi connectivity index (χ4v) is 3.10. The lowest BCUT2D eigenvalue weighted by atomic mass is 9.98. The van der Waals surface area contributed by atoms with Crippen molar-refractivity contribution in [2.24, 2.45) is 5.92 Å². The van der Waals surface area contributed by atoms with E-state index >= 15 is 0 Å². The van der Waals surface area contributed by atoms with Gasteiger partial charge in [-0.15, -0.1) is 0 Å². The van der Waals surface area contributed by atoms with E-state index < -0.39 is 0 Å². The van der Waals surface area contributed by atoms with Gasteiger partial charge >= 0.3 is 0 Å². The molecule has 1 aromatic carbocycles. The number of amides is 1. The van der Waals surface area contributed by atoms with Gasteiger partial charge in [0.15, 0.2) is 0 Å². The molecule has 1 amide bonds. The second-order valence-electron chi connectivity index (χ2n) is 5.40. The van der Waals surface area contributed by atoms with E-state index in [-0.39, 0.29) is 5.91 Å². The second kappa shape index (κ2) is 7.80. The van der Waals surface area contributed by atoms with E-state index in [0.717, 1.165) is 24.1 Å². The smallest absolute Gasteiger partial charge is 0.257 e. The van der Waals surface area contributed by atoms with Crippen LogP contribution in [0, 0.1) is 5.92 Å². The number of benzene rings is 1. The van der Waals surface area contributed by atoms with Gasteiger partial charge in [0.2, 0.25) is 0 Å². The summed E-state index contributed by atoms with van der Waals surface area (Å²) in [6.07, 6.45) is 2.38. The van der Waals surface area contributed by atoms with Gasteiger partial charge in [-0.3, -0.25) is 4.79 Å². The number of carbonyl (C=O) groups excluding carboxylic acids is 1. The van der Waals surface area contributed by atoms with Crippen LogP contribution in [-0.2, 0) is 0 Å². The molecular formula is C16H23BrN2O2. The lowest BCUT2D eigenvalue weighted by Crippen LogP contribution is -2.41. The fraction of sp³-hybridized carbons (Fsp3) is 0.562. The van der Waals surface area contributed by atoms with Crippen LogP contribution < -0.4 is 10.1 Å². The SMILES string of the molecule is CCN(CC1CCCNC1)C(=O)c1ccc(Br)cc1OC. The van der Waals surface area contributed by atoms with Gasteiger partial charge in [0.05, 0.1) is 12.7 Å². The van der Waals surface area contributed by atoms with Gasteiger partial charge in [0.1, 0.15) is 5.75 Å². The van der Waals surface area contributed by atoms with Crippen LogP contribution in [0.1, 0.15) is 30.1 Å². The molecule has 4 nitrogen and oxygen atoms in total. The minimum absolute atomic E-state index is 0.0485. The minimum atomic E-state index is 0.0485. The highest BCUT2D eigenvalue weighted by atomic mass is 79.9. The predicted octanol–water partition coefficient (Wildman–Crippen LogP) is 2.92. The number of ether oxygens (including phenoxy) is 1. The maximum atomic E-state index is 12.8. The molecule has 0 bridgehead atoms. The molecule has 5 heteroatoms. The zero-order valence-electron chi connectivity index (χ0n) is 12.7. The summed E-state index contributed by atoms with van der Waals surface area (Å²) in [5, 5.41) is 3.40. The third-order valence-electron chi connectivity index (χ3n) is 3.94. The molecule has 1 aromatic rings. The van der Waals surface area contributed by atoms with Crippen molar-refractivity contribution in [2.45, 2.75) is 19.8 Å². The molecule has 0 radical (unpaired) electrons. The van der Waals surface area contributed by atoms with Crippen LogP contribution in [0.15, 0.2) is 22.7 Å². The number of piperidine rings is 1. The van der Waals surface area contributed by atoms with Crippen LogP contribution in [0.2, 0.25) is 0 Å². The third-order valence-corrected chi connectivity index (χ3v) is 4.43. The van der Waals surface area contributed by atoms with E-state index in [1.165, 1.54) is 12.8 Å². The molecule has 2 rings (SSSR count). The average Bonchev–Trinajstić information content (AvgIpc) is 2.52. The minimum Gasteiger partial charge on any atom is -0.496 e.